The van der Waals surface area contributed by atoms with Crippen molar-refractivity contribution in [3.8, 4) is 0 Å². The van der Waals surface area contributed by atoms with Crippen molar-refractivity contribution in [2.45, 2.75) is 12.5 Å². The fourth-order valence-corrected chi connectivity index (χ4v) is 1.70. The van der Waals surface area contributed by atoms with Crippen LogP contribution >= 0.6 is 0 Å². The minimum Gasteiger partial charge on any atom is -0.383 e. The summed E-state index contributed by atoms with van der Waals surface area (Å²) in [5.41, 5.74) is 6.84. The van der Waals surface area contributed by atoms with Gasteiger partial charge in [0.15, 0.2) is 5.82 Å². The number of carbonyl (C=O) groups excluding carboxylic acids is 1. The van der Waals surface area contributed by atoms with E-state index in [4.69, 9.17) is 10.5 Å². The molecule has 2 rings (SSSR count). The number of benzene rings is 1. The molecule has 0 aliphatic heterocycles. The third-order valence-corrected chi connectivity index (χ3v) is 2.66. The second-order valence-corrected chi connectivity index (χ2v) is 4.21. The summed E-state index contributed by atoms with van der Waals surface area (Å²) in [7, 11) is 1.44. The van der Waals surface area contributed by atoms with E-state index in [2.05, 4.69) is 15.3 Å². The summed E-state index contributed by atoms with van der Waals surface area (Å²) in [6.07, 6.45) is -2.67. The summed E-state index contributed by atoms with van der Waals surface area (Å²) >= 11 is 0. The first-order valence-electron chi connectivity index (χ1n) is 5.84. The lowest BCUT2D eigenvalue weighted by Crippen LogP contribution is -2.39. The van der Waals surface area contributed by atoms with E-state index in [9.17, 15) is 13.6 Å². The maximum Gasteiger partial charge on any atom is 0.295 e. The monoisotopic (exact) mass is 284 g/mol. The quantitative estimate of drug-likeness (QED) is 0.774. The Morgan fingerprint density at radius 3 is 2.95 bits per heavy atom. The van der Waals surface area contributed by atoms with Crippen molar-refractivity contribution in [2.75, 3.05) is 19.0 Å². The van der Waals surface area contributed by atoms with Gasteiger partial charge in [-0.3, -0.25) is 4.79 Å². The number of nitrogens with two attached hydrogens (primary N) is 1. The minimum absolute atomic E-state index is 0.0909. The maximum absolute atomic E-state index is 12.5. The van der Waals surface area contributed by atoms with Gasteiger partial charge < -0.3 is 20.8 Å². The molecule has 20 heavy (non-hydrogen) atoms. The molecule has 0 aliphatic carbocycles. The van der Waals surface area contributed by atoms with Gasteiger partial charge in [-0.25, -0.2) is 13.8 Å². The Labute approximate surface area is 113 Å². The fourth-order valence-electron chi connectivity index (χ4n) is 1.70. The van der Waals surface area contributed by atoms with Gasteiger partial charge in [-0.05, 0) is 18.2 Å². The Morgan fingerprint density at radius 2 is 2.30 bits per heavy atom. The van der Waals surface area contributed by atoms with E-state index >= 15 is 0 Å². The number of fused-ring (bicyclic) bond motifs is 1. The number of anilines is 1. The van der Waals surface area contributed by atoms with Crippen LogP contribution in [0.5, 0.6) is 0 Å². The molecular weight excluding hydrogens is 270 g/mol. The molecule has 2 aromatic rings. The Bertz CT molecular complexity index is 615. The van der Waals surface area contributed by atoms with E-state index in [1.807, 2.05) is 0 Å². The van der Waals surface area contributed by atoms with E-state index in [0.29, 0.717) is 16.7 Å². The maximum atomic E-state index is 12.5. The lowest BCUT2D eigenvalue weighted by Gasteiger charge is -2.11. The number of amides is 1. The molecule has 108 valence electrons. The topological polar surface area (TPSA) is 93.0 Å². The van der Waals surface area contributed by atoms with Gasteiger partial charge in [-0.1, -0.05) is 0 Å². The number of rotatable bonds is 5. The van der Waals surface area contributed by atoms with Crippen molar-refractivity contribution < 1.29 is 18.3 Å². The zero-order valence-corrected chi connectivity index (χ0v) is 10.7. The molecule has 0 spiro atoms. The highest BCUT2D eigenvalue weighted by molar-refractivity contribution is 5.96. The summed E-state index contributed by atoms with van der Waals surface area (Å²) in [5.74, 6) is -0.820. The van der Waals surface area contributed by atoms with Crippen LogP contribution in [-0.4, -0.2) is 35.6 Å². The number of carbonyl (C=O) groups is 1. The van der Waals surface area contributed by atoms with Crippen LogP contribution in [-0.2, 0) is 9.53 Å². The molecule has 0 saturated heterocycles. The molecule has 1 atom stereocenters. The Hall–Kier alpha value is -2.06. The highest BCUT2D eigenvalue weighted by Crippen LogP contribution is 2.22. The highest BCUT2D eigenvalue weighted by Gasteiger charge is 2.15. The predicted octanol–water partition coefficient (Wildman–Crippen LogP) is 1.41. The van der Waals surface area contributed by atoms with Crippen molar-refractivity contribution in [2.24, 2.45) is 5.73 Å². The second-order valence-electron chi connectivity index (χ2n) is 4.21. The number of aromatic amines is 1. The zero-order chi connectivity index (χ0) is 14.7. The van der Waals surface area contributed by atoms with Gasteiger partial charge in [0, 0.05) is 12.8 Å². The van der Waals surface area contributed by atoms with Gasteiger partial charge in [0.05, 0.1) is 17.6 Å². The molecule has 4 N–H and O–H groups in total. The first kappa shape index (κ1) is 14.4. The third-order valence-electron chi connectivity index (χ3n) is 2.66. The molecular formula is C12H14F2N4O2. The first-order chi connectivity index (χ1) is 9.51. The summed E-state index contributed by atoms with van der Waals surface area (Å²) < 4.78 is 29.8. The highest BCUT2D eigenvalue weighted by atomic mass is 19.3. The molecule has 0 radical (unpaired) electrons. The average Bonchev–Trinajstić information content (AvgIpc) is 2.82. The molecule has 1 amide bonds. The number of nitrogens with zero attached hydrogens (tertiary/aromatic N) is 1. The number of hydrogen-bond acceptors (Lipinski definition) is 4. The van der Waals surface area contributed by atoms with Crippen LogP contribution in [0.15, 0.2) is 18.2 Å². The van der Waals surface area contributed by atoms with Crippen LogP contribution < -0.4 is 11.1 Å². The fraction of sp³-hybridized carbons (Fsp3) is 0.333. The van der Waals surface area contributed by atoms with Crippen LogP contribution in [0.25, 0.3) is 11.0 Å². The van der Waals surface area contributed by atoms with Gasteiger partial charge in [0.25, 0.3) is 6.43 Å². The first-order valence-corrected chi connectivity index (χ1v) is 5.84. The number of H-pyrrole nitrogens is 1. The molecule has 0 aliphatic rings. The smallest absolute Gasteiger partial charge is 0.295 e. The van der Waals surface area contributed by atoms with Gasteiger partial charge in [0.1, 0.15) is 6.04 Å². The standard InChI is InChI=1S/C12H14F2N4O2/c1-20-5-7(15)12(19)16-6-2-3-8-9(4-6)18-11(17-8)10(13)14/h2-4,7,10H,5,15H2,1H3,(H,16,19)(H,17,18). The van der Waals surface area contributed by atoms with Gasteiger partial charge >= 0.3 is 0 Å². The van der Waals surface area contributed by atoms with Crippen molar-refractivity contribution >= 4 is 22.6 Å². The van der Waals surface area contributed by atoms with Gasteiger partial charge in [-0.2, -0.15) is 0 Å². The summed E-state index contributed by atoms with van der Waals surface area (Å²) in [4.78, 5) is 17.9. The number of nitrogens with one attached hydrogen (secondary N) is 2. The molecule has 6 nitrogen and oxygen atoms in total. The second kappa shape index (κ2) is 5.93. The Kier molecular flexibility index (Phi) is 4.26. The molecule has 1 unspecified atom stereocenters. The van der Waals surface area contributed by atoms with Gasteiger partial charge in [0.2, 0.25) is 5.91 Å². The van der Waals surface area contributed by atoms with E-state index in [1.165, 1.54) is 19.2 Å². The summed E-state index contributed by atoms with van der Waals surface area (Å²) in [6.45, 7) is 0.0909. The summed E-state index contributed by atoms with van der Waals surface area (Å²) in [6, 6.07) is 3.82. The normalized spacial score (nSPS) is 12.8. The van der Waals surface area contributed by atoms with Crippen molar-refractivity contribution in [1.82, 2.24) is 9.97 Å². The van der Waals surface area contributed by atoms with Crippen LogP contribution in [0.1, 0.15) is 12.2 Å². The molecule has 0 saturated carbocycles. The third kappa shape index (κ3) is 3.09. The number of hydrogen-bond donors (Lipinski definition) is 3. The number of halogens is 2. The predicted molar refractivity (Wildman–Crippen MR) is 69.5 cm³/mol. The zero-order valence-electron chi connectivity index (χ0n) is 10.7. The number of methoxy groups -OCH3 is 1. The molecule has 1 heterocycles. The van der Waals surface area contributed by atoms with Crippen molar-refractivity contribution in [3.63, 3.8) is 0 Å². The lowest BCUT2D eigenvalue weighted by atomic mass is 10.2. The molecule has 1 aromatic carbocycles. The number of aromatic nitrogens is 2. The van der Waals surface area contributed by atoms with E-state index < -0.39 is 24.2 Å². The SMILES string of the molecule is COCC(N)C(=O)Nc1ccc2nc(C(F)F)[nH]c2c1. The molecule has 1 aromatic heterocycles. The number of alkyl halides is 2. The van der Waals surface area contributed by atoms with Gasteiger partial charge in [-0.15, -0.1) is 0 Å². The van der Waals surface area contributed by atoms with E-state index in [1.54, 1.807) is 6.07 Å². The Balaban J connectivity index is 2.17. The van der Waals surface area contributed by atoms with Crippen LogP contribution in [0.3, 0.4) is 0 Å². The minimum atomic E-state index is -2.67. The van der Waals surface area contributed by atoms with Crippen LogP contribution in [0.4, 0.5) is 14.5 Å². The lowest BCUT2D eigenvalue weighted by molar-refractivity contribution is -0.118. The largest absolute Gasteiger partial charge is 0.383 e. The van der Waals surface area contributed by atoms with Crippen molar-refractivity contribution in [1.29, 1.82) is 0 Å². The molecule has 0 fully saturated rings. The molecule has 0 bridgehead atoms. The van der Waals surface area contributed by atoms with E-state index in [-0.39, 0.29) is 6.61 Å². The van der Waals surface area contributed by atoms with Crippen molar-refractivity contribution in [3.05, 3.63) is 24.0 Å². The molecule has 8 heteroatoms. The Morgan fingerprint density at radius 1 is 1.55 bits per heavy atom. The van der Waals surface area contributed by atoms with Crippen LogP contribution in [0, 0.1) is 0 Å². The average molecular weight is 284 g/mol. The van der Waals surface area contributed by atoms with Crippen LogP contribution in [0.2, 0.25) is 0 Å². The summed E-state index contributed by atoms with van der Waals surface area (Å²) in [5, 5.41) is 2.58. The number of ether oxygens (including phenoxy) is 1. The van der Waals surface area contributed by atoms with E-state index in [0.717, 1.165) is 0 Å². The number of imidazole rings is 1.